The van der Waals surface area contributed by atoms with E-state index in [0.717, 1.165) is 5.69 Å². The number of rotatable bonds is 6. The van der Waals surface area contributed by atoms with Crippen molar-refractivity contribution in [2.24, 2.45) is 0 Å². The Bertz CT molecular complexity index is 873. The molecule has 3 rings (SSSR count). The summed E-state index contributed by atoms with van der Waals surface area (Å²) in [4.78, 5) is 26.4. The molecule has 2 aromatic rings. The van der Waals surface area contributed by atoms with Crippen molar-refractivity contribution in [3.8, 4) is 11.5 Å². The summed E-state index contributed by atoms with van der Waals surface area (Å²) in [6.07, 6.45) is 1.79. The van der Waals surface area contributed by atoms with Crippen LogP contribution >= 0.6 is 0 Å². The average Bonchev–Trinajstić information content (AvgIpc) is 3.08. The van der Waals surface area contributed by atoms with Gasteiger partial charge in [0.15, 0.2) is 6.73 Å². The van der Waals surface area contributed by atoms with Crippen LogP contribution in [0.1, 0.15) is 22.8 Å². The average molecular weight is 352 g/mol. The number of para-hydroxylation sites is 1. The van der Waals surface area contributed by atoms with Crippen LogP contribution in [0.15, 0.2) is 53.9 Å². The number of hydrogen-bond donors (Lipinski definition) is 0. The highest BCUT2D eigenvalue weighted by molar-refractivity contribution is 6.14. The Morgan fingerprint density at radius 2 is 1.85 bits per heavy atom. The lowest BCUT2D eigenvalue weighted by Crippen LogP contribution is -2.25. The van der Waals surface area contributed by atoms with Crippen molar-refractivity contribution in [2.45, 2.75) is 6.92 Å². The van der Waals surface area contributed by atoms with Gasteiger partial charge < -0.3 is 19.1 Å². The third-order valence-corrected chi connectivity index (χ3v) is 4.19. The second-order valence-corrected chi connectivity index (χ2v) is 5.60. The fourth-order valence-electron chi connectivity index (χ4n) is 2.93. The zero-order valence-corrected chi connectivity index (χ0v) is 14.7. The molecule has 0 N–H and O–H groups in total. The molecule has 2 aromatic carbocycles. The molecule has 0 fully saturated rings. The molecule has 0 spiro atoms. The highest BCUT2D eigenvalue weighted by Gasteiger charge is 2.32. The number of allylic oxidation sites excluding steroid dienone is 2. The number of anilines is 1. The van der Waals surface area contributed by atoms with E-state index in [2.05, 4.69) is 0 Å². The molecule has 1 aliphatic heterocycles. The summed E-state index contributed by atoms with van der Waals surface area (Å²) in [7, 11) is 2.83. The summed E-state index contributed by atoms with van der Waals surface area (Å²) in [6.45, 7) is 1.97. The zero-order valence-electron chi connectivity index (χ0n) is 14.7. The van der Waals surface area contributed by atoms with E-state index in [0.29, 0.717) is 17.2 Å². The lowest BCUT2D eigenvalue weighted by Gasteiger charge is -2.20. The molecule has 0 unspecified atom stereocenters. The molecule has 133 valence electrons. The van der Waals surface area contributed by atoms with Crippen LogP contribution in [0.5, 0.6) is 11.5 Å². The Balaban J connectivity index is 2.08. The number of carbonyl (C=O) groups excluding carboxylic acids is 2. The van der Waals surface area contributed by atoms with E-state index < -0.39 is 0 Å². The van der Waals surface area contributed by atoms with E-state index in [4.69, 9.17) is 14.2 Å². The van der Waals surface area contributed by atoms with Gasteiger partial charge in [-0.1, -0.05) is 18.2 Å². The Labute approximate surface area is 151 Å². The number of ketones is 1. The quantitative estimate of drug-likeness (QED) is 0.745. The minimum Gasteiger partial charge on any atom is -0.496 e. The van der Waals surface area contributed by atoms with Crippen molar-refractivity contribution in [3.05, 3.63) is 65.0 Å². The summed E-state index contributed by atoms with van der Waals surface area (Å²) >= 11 is 0. The molecule has 1 heterocycles. The highest BCUT2D eigenvalue weighted by Crippen LogP contribution is 2.35. The number of methoxy groups -OCH3 is 2. The van der Waals surface area contributed by atoms with Crippen molar-refractivity contribution >= 4 is 17.8 Å². The molecule has 6 nitrogen and oxygen atoms in total. The second-order valence-electron chi connectivity index (χ2n) is 5.60. The first kappa shape index (κ1) is 17.5. The Kier molecular flexibility index (Phi) is 4.93. The second kappa shape index (κ2) is 7.31. The first-order valence-electron chi connectivity index (χ1n) is 7.96. The molecule has 0 saturated carbocycles. The Morgan fingerprint density at radius 3 is 2.46 bits per heavy atom. The zero-order chi connectivity index (χ0) is 18.7. The minimum atomic E-state index is -0.306. The molecule has 0 atom stereocenters. The lowest BCUT2D eigenvalue weighted by atomic mass is 10.0. The standard InChI is InChI=1S/C20H18NO5/c1-13-18(21(12-26-13)14-7-5-4-6-8-14)19(23)15-9-10-17(24-2)16(11-22)20(15)25-3/h4-10H,12H2,1-3H3. The van der Waals surface area contributed by atoms with Crippen LogP contribution in [-0.2, 0) is 9.53 Å². The van der Waals surface area contributed by atoms with Crippen molar-refractivity contribution < 1.29 is 23.8 Å². The van der Waals surface area contributed by atoms with Crippen molar-refractivity contribution in [1.82, 2.24) is 0 Å². The molecule has 0 aromatic heterocycles. The van der Waals surface area contributed by atoms with E-state index >= 15 is 0 Å². The summed E-state index contributed by atoms with van der Waals surface area (Å²) in [5, 5.41) is 0. The smallest absolute Gasteiger partial charge is 0.241 e. The lowest BCUT2D eigenvalue weighted by molar-refractivity contribution is 0.102. The van der Waals surface area contributed by atoms with Crippen LogP contribution in [-0.4, -0.2) is 33.0 Å². The van der Waals surface area contributed by atoms with Gasteiger partial charge in [0.1, 0.15) is 28.5 Å². The van der Waals surface area contributed by atoms with Crippen LogP contribution in [0, 0.1) is 0 Å². The topological polar surface area (TPSA) is 65.1 Å². The number of Topliss-reactive ketones (excluding diaryl/α,β-unsaturated/α-hetero) is 1. The molecule has 0 amide bonds. The van der Waals surface area contributed by atoms with E-state index in [9.17, 15) is 9.59 Å². The number of carbonyl (C=O) groups is 1. The largest absolute Gasteiger partial charge is 0.496 e. The highest BCUT2D eigenvalue weighted by atomic mass is 16.5. The predicted molar refractivity (Wildman–Crippen MR) is 96.2 cm³/mol. The molecule has 0 aliphatic carbocycles. The first-order valence-corrected chi connectivity index (χ1v) is 7.96. The van der Waals surface area contributed by atoms with E-state index in [-0.39, 0.29) is 29.4 Å². The third-order valence-electron chi connectivity index (χ3n) is 4.19. The van der Waals surface area contributed by atoms with Gasteiger partial charge in [-0.3, -0.25) is 9.59 Å². The van der Waals surface area contributed by atoms with Gasteiger partial charge in [-0.2, -0.15) is 0 Å². The van der Waals surface area contributed by atoms with Crippen LogP contribution in [0.3, 0.4) is 0 Å². The maximum Gasteiger partial charge on any atom is 0.241 e. The van der Waals surface area contributed by atoms with Gasteiger partial charge in [0.2, 0.25) is 12.1 Å². The fraction of sp³-hybridized carbons (Fsp3) is 0.200. The van der Waals surface area contributed by atoms with Gasteiger partial charge in [-0.05, 0) is 31.2 Å². The van der Waals surface area contributed by atoms with E-state index in [1.807, 2.05) is 30.3 Å². The molecule has 0 bridgehead atoms. The summed E-state index contributed by atoms with van der Waals surface area (Å²) < 4.78 is 16.1. The van der Waals surface area contributed by atoms with Crippen LogP contribution in [0.25, 0.3) is 0 Å². The predicted octanol–water partition coefficient (Wildman–Crippen LogP) is 3.07. The molecular formula is C20H18NO5. The van der Waals surface area contributed by atoms with Crippen LogP contribution in [0.4, 0.5) is 5.69 Å². The SMILES string of the molecule is COc1ccc(C(=O)C2=C(C)OCN2c2ccccc2)c(OC)c1[C]=O. The number of benzene rings is 2. The minimum absolute atomic E-state index is 0.0734. The van der Waals surface area contributed by atoms with Gasteiger partial charge in [0.05, 0.1) is 19.8 Å². The third kappa shape index (κ3) is 2.90. The summed E-state index contributed by atoms with van der Waals surface area (Å²) in [5.41, 5.74) is 1.55. The maximum absolute atomic E-state index is 13.3. The van der Waals surface area contributed by atoms with E-state index in [1.54, 1.807) is 30.2 Å². The van der Waals surface area contributed by atoms with Crippen LogP contribution in [0.2, 0.25) is 0 Å². The van der Waals surface area contributed by atoms with Crippen molar-refractivity contribution in [1.29, 1.82) is 0 Å². The van der Waals surface area contributed by atoms with Crippen LogP contribution < -0.4 is 14.4 Å². The normalized spacial score (nSPS) is 13.4. The molecule has 6 heteroatoms. The maximum atomic E-state index is 13.3. The van der Waals surface area contributed by atoms with Crippen molar-refractivity contribution in [3.63, 3.8) is 0 Å². The van der Waals surface area contributed by atoms with Gasteiger partial charge in [0, 0.05) is 5.69 Å². The van der Waals surface area contributed by atoms with Gasteiger partial charge in [-0.25, -0.2) is 0 Å². The summed E-state index contributed by atoms with van der Waals surface area (Å²) in [5.74, 6) is 0.625. The van der Waals surface area contributed by atoms with Gasteiger partial charge in [-0.15, -0.1) is 0 Å². The monoisotopic (exact) mass is 352 g/mol. The molecule has 0 saturated heterocycles. The Morgan fingerprint density at radius 1 is 1.12 bits per heavy atom. The number of ether oxygens (including phenoxy) is 3. The van der Waals surface area contributed by atoms with Gasteiger partial charge >= 0.3 is 0 Å². The molecule has 26 heavy (non-hydrogen) atoms. The first-order chi connectivity index (χ1) is 12.6. The van der Waals surface area contributed by atoms with Gasteiger partial charge in [0.25, 0.3) is 0 Å². The number of nitrogens with zero attached hydrogens (tertiary/aromatic N) is 1. The number of hydrogen-bond acceptors (Lipinski definition) is 6. The molecule has 1 radical (unpaired) electrons. The fourth-order valence-corrected chi connectivity index (χ4v) is 2.93. The van der Waals surface area contributed by atoms with Crippen molar-refractivity contribution in [2.75, 3.05) is 25.9 Å². The Hall–Kier alpha value is -3.28. The molecule has 1 aliphatic rings. The molecular weight excluding hydrogens is 334 g/mol. The summed E-state index contributed by atoms with van der Waals surface area (Å²) in [6, 6.07) is 12.6. The van der Waals surface area contributed by atoms with E-state index in [1.165, 1.54) is 14.2 Å².